The van der Waals surface area contributed by atoms with E-state index in [0.717, 1.165) is 18.5 Å². The SMILES string of the molecule is O=[N+]([O-])c1cc(Br)ccc1N(Cc1ccccn1)C1CC1. The lowest BCUT2D eigenvalue weighted by molar-refractivity contribution is -0.384. The van der Waals surface area contributed by atoms with E-state index >= 15 is 0 Å². The first-order chi connectivity index (χ1) is 10.1. The van der Waals surface area contributed by atoms with E-state index < -0.39 is 0 Å². The highest BCUT2D eigenvalue weighted by atomic mass is 79.9. The molecule has 1 aliphatic rings. The zero-order chi connectivity index (χ0) is 14.8. The average Bonchev–Trinajstić information content (AvgIpc) is 3.31. The number of hydrogen-bond donors (Lipinski definition) is 0. The van der Waals surface area contributed by atoms with Crippen LogP contribution in [-0.2, 0) is 6.54 Å². The van der Waals surface area contributed by atoms with Crippen LogP contribution in [0.15, 0.2) is 47.1 Å². The van der Waals surface area contributed by atoms with Gasteiger partial charge in [-0.3, -0.25) is 15.1 Å². The molecule has 1 aromatic heterocycles. The molecule has 1 fully saturated rings. The maximum absolute atomic E-state index is 11.3. The molecule has 0 saturated heterocycles. The Hall–Kier alpha value is -1.95. The second kappa shape index (κ2) is 5.81. The van der Waals surface area contributed by atoms with Crippen molar-refractivity contribution < 1.29 is 4.92 Å². The van der Waals surface area contributed by atoms with E-state index in [1.165, 1.54) is 0 Å². The Kier molecular flexibility index (Phi) is 3.88. The summed E-state index contributed by atoms with van der Waals surface area (Å²) in [6.07, 6.45) is 3.89. The molecule has 3 rings (SSSR count). The van der Waals surface area contributed by atoms with Gasteiger partial charge in [-0.2, -0.15) is 0 Å². The largest absolute Gasteiger partial charge is 0.357 e. The summed E-state index contributed by atoms with van der Waals surface area (Å²) in [7, 11) is 0. The second-order valence-electron chi connectivity index (χ2n) is 5.07. The minimum atomic E-state index is -0.326. The van der Waals surface area contributed by atoms with Crippen molar-refractivity contribution in [1.29, 1.82) is 0 Å². The fraction of sp³-hybridized carbons (Fsp3) is 0.267. The monoisotopic (exact) mass is 347 g/mol. The Morgan fingerprint density at radius 2 is 2.14 bits per heavy atom. The topological polar surface area (TPSA) is 59.3 Å². The number of nitro groups is 1. The van der Waals surface area contributed by atoms with E-state index in [-0.39, 0.29) is 10.6 Å². The van der Waals surface area contributed by atoms with E-state index in [1.807, 2.05) is 30.3 Å². The van der Waals surface area contributed by atoms with Crippen LogP contribution in [0.25, 0.3) is 0 Å². The van der Waals surface area contributed by atoms with Gasteiger partial charge < -0.3 is 4.90 Å². The lowest BCUT2D eigenvalue weighted by Crippen LogP contribution is -2.26. The zero-order valence-corrected chi connectivity index (χ0v) is 12.9. The van der Waals surface area contributed by atoms with E-state index in [1.54, 1.807) is 12.3 Å². The van der Waals surface area contributed by atoms with Crippen LogP contribution >= 0.6 is 15.9 Å². The van der Waals surface area contributed by atoms with Crippen LogP contribution < -0.4 is 4.90 Å². The molecule has 5 nitrogen and oxygen atoms in total. The molecule has 1 aromatic carbocycles. The Balaban J connectivity index is 1.96. The van der Waals surface area contributed by atoms with Gasteiger partial charge in [-0.1, -0.05) is 22.0 Å². The predicted molar refractivity (Wildman–Crippen MR) is 84.2 cm³/mol. The van der Waals surface area contributed by atoms with Crippen LogP contribution in [0.4, 0.5) is 11.4 Å². The van der Waals surface area contributed by atoms with Crippen molar-refractivity contribution in [3.8, 4) is 0 Å². The summed E-state index contributed by atoms with van der Waals surface area (Å²) in [5, 5.41) is 11.3. The lowest BCUT2D eigenvalue weighted by Gasteiger charge is -2.24. The number of nitrogens with zero attached hydrogens (tertiary/aromatic N) is 3. The number of halogens is 1. The summed E-state index contributed by atoms with van der Waals surface area (Å²) in [4.78, 5) is 17.4. The Morgan fingerprint density at radius 3 is 2.76 bits per heavy atom. The third kappa shape index (κ3) is 3.21. The Labute approximate surface area is 130 Å². The first-order valence-corrected chi connectivity index (χ1v) is 7.55. The first kappa shape index (κ1) is 14.0. The molecule has 0 amide bonds. The van der Waals surface area contributed by atoms with Crippen molar-refractivity contribution >= 4 is 27.3 Å². The summed E-state index contributed by atoms with van der Waals surface area (Å²) in [5.74, 6) is 0. The van der Waals surface area contributed by atoms with Gasteiger partial charge in [-0.25, -0.2) is 0 Å². The molecule has 0 bridgehead atoms. The smallest absolute Gasteiger partial charge is 0.293 e. The van der Waals surface area contributed by atoms with Crippen LogP contribution in [0.3, 0.4) is 0 Å². The van der Waals surface area contributed by atoms with Crippen molar-refractivity contribution in [2.45, 2.75) is 25.4 Å². The van der Waals surface area contributed by atoms with Crippen LogP contribution in [0.2, 0.25) is 0 Å². The number of anilines is 1. The van der Waals surface area contributed by atoms with Crippen molar-refractivity contribution in [2.24, 2.45) is 0 Å². The first-order valence-electron chi connectivity index (χ1n) is 6.75. The fourth-order valence-electron chi connectivity index (χ4n) is 2.35. The summed E-state index contributed by atoms with van der Waals surface area (Å²) in [5.41, 5.74) is 1.71. The van der Waals surface area contributed by atoms with Crippen LogP contribution in [0.1, 0.15) is 18.5 Å². The molecule has 1 saturated carbocycles. The van der Waals surface area contributed by atoms with E-state index in [4.69, 9.17) is 0 Å². The third-order valence-corrected chi connectivity index (χ3v) is 3.98. The quantitative estimate of drug-likeness (QED) is 0.607. The van der Waals surface area contributed by atoms with Gasteiger partial charge in [0.25, 0.3) is 5.69 Å². The molecule has 2 aromatic rings. The lowest BCUT2D eigenvalue weighted by atomic mass is 10.2. The number of rotatable bonds is 5. The molecule has 0 spiro atoms. The molecule has 0 radical (unpaired) electrons. The molecule has 108 valence electrons. The molecule has 0 atom stereocenters. The molecule has 1 aliphatic carbocycles. The zero-order valence-electron chi connectivity index (χ0n) is 11.3. The Morgan fingerprint density at radius 1 is 1.33 bits per heavy atom. The summed E-state index contributed by atoms with van der Waals surface area (Å²) < 4.78 is 0.714. The number of aromatic nitrogens is 1. The van der Waals surface area contributed by atoms with Crippen molar-refractivity contribution in [2.75, 3.05) is 4.90 Å². The summed E-state index contributed by atoms with van der Waals surface area (Å²) >= 11 is 3.30. The average molecular weight is 348 g/mol. The van der Waals surface area contributed by atoms with Crippen molar-refractivity contribution in [1.82, 2.24) is 4.98 Å². The molecule has 1 heterocycles. The van der Waals surface area contributed by atoms with Crippen molar-refractivity contribution in [3.63, 3.8) is 0 Å². The van der Waals surface area contributed by atoms with Crippen LogP contribution in [-0.4, -0.2) is 15.9 Å². The summed E-state index contributed by atoms with van der Waals surface area (Å²) in [6.45, 7) is 0.591. The predicted octanol–water partition coefficient (Wildman–Crippen LogP) is 3.92. The van der Waals surface area contributed by atoms with E-state index in [9.17, 15) is 10.1 Å². The minimum absolute atomic E-state index is 0.132. The van der Waals surface area contributed by atoms with E-state index in [0.29, 0.717) is 22.7 Å². The Bertz CT molecular complexity index is 659. The van der Waals surface area contributed by atoms with Gasteiger partial charge in [0.05, 0.1) is 17.2 Å². The van der Waals surface area contributed by atoms with E-state index in [2.05, 4.69) is 25.8 Å². The summed E-state index contributed by atoms with van der Waals surface area (Å²) in [6, 6.07) is 11.3. The van der Waals surface area contributed by atoms with Crippen LogP contribution in [0.5, 0.6) is 0 Å². The van der Waals surface area contributed by atoms with Crippen LogP contribution in [0, 0.1) is 10.1 Å². The molecule has 21 heavy (non-hydrogen) atoms. The number of hydrogen-bond acceptors (Lipinski definition) is 4. The molecule has 0 aliphatic heterocycles. The van der Waals surface area contributed by atoms with Gasteiger partial charge in [0.2, 0.25) is 0 Å². The highest BCUT2D eigenvalue weighted by molar-refractivity contribution is 9.10. The van der Waals surface area contributed by atoms with Gasteiger partial charge in [0, 0.05) is 22.8 Å². The van der Waals surface area contributed by atoms with Gasteiger partial charge >= 0.3 is 0 Å². The molecular formula is C15H14BrN3O2. The molecular weight excluding hydrogens is 334 g/mol. The van der Waals surface area contributed by atoms with Gasteiger partial charge in [0.1, 0.15) is 5.69 Å². The van der Waals surface area contributed by atoms with Gasteiger partial charge in [-0.05, 0) is 37.1 Å². The second-order valence-corrected chi connectivity index (χ2v) is 5.99. The minimum Gasteiger partial charge on any atom is -0.357 e. The fourth-order valence-corrected chi connectivity index (χ4v) is 2.70. The third-order valence-electron chi connectivity index (χ3n) is 3.49. The van der Waals surface area contributed by atoms with Gasteiger partial charge in [0.15, 0.2) is 0 Å². The van der Waals surface area contributed by atoms with Gasteiger partial charge in [-0.15, -0.1) is 0 Å². The number of benzene rings is 1. The molecule has 0 unspecified atom stereocenters. The molecule has 0 N–H and O–H groups in total. The maximum Gasteiger partial charge on any atom is 0.293 e. The number of nitro benzene ring substituents is 1. The standard InChI is InChI=1S/C15H14BrN3O2/c16-11-4-7-14(15(9-11)19(20)21)18(13-5-6-13)10-12-3-1-2-8-17-12/h1-4,7-9,13H,5-6,10H2. The normalized spacial score (nSPS) is 14.0. The maximum atomic E-state index is 11.3. The molecule has 6 heteroatoms. The van der Waals surface area contributed by atoms with Crippen molar-refractivity contribution in [3.05, 3.63) is 62.9 Å². The number of pyridine rings is 1. The highest BCUT2D eigenvalue weighted by Gasteiger charge is 2.33. The highest BCUT2D eigenvalue weighted by Crippen LogP contribution is 2.39.